The molecule has 3 aromatic rings. The zero-order chi connectivity index (χ0) is 25.2. The molecule has 0 aliphatic carbocycles. The Kier molecular flexibility index (Phi) is 6.60. The third kappa shape index (κ3) is 4.90. The Balaban J connectivity index is 1.23. The van der Waals surface area contributed by atoms with Crippen LogP contribution >= 0.6 is 0 Å². The van der Waals surface area contributed by atoms with Gasteiger partial charge in [0.2, 0.25) is 11.8 Å². The molecule has 10 heteroatoms. The molecular formula is C26H30N6O4. The van der Waals surface area contributed by atoms with Crippen LogP contribution in [0.2, 0.25) is 0 Å². The third-order valence-electron chi connectivity index (χ3n) is 6.80. The summed E-state index contributed by atoms with van der Waals surface area (Å²) in [6.07, 6.45) is 0.694. The van der Waals surface area contributed by atoms with E-state index < -0.39 is 5.92 Å². The van der Waals surface area contributed by atoms with Crippen LogP contribution in [0.5, 0.6) is 5.75 Å². The highest BCUT2D eigenvalue weighted by Crippen LogP contribution is 2.34. The van der Waals surface area contributed by atoms with E-state index in [2.05, 4.69) is 32.6 Å². The van der Waals surface area contributed by atoms with Crippen LogP contribution in [0.3, 0.4) is 0 Å². The minimum Gasteiger partial charge on any atom is -0.481 e. The van der Waals surface area contributed by atoms with Crippen LogP contribution in [0.1, 0.15) is 24.5 Å². The third-order valence-corrected chi connectivity index (χ3v) is 6.80. The highest BCUT2D eigenvalue weighted by molar-refractivity contribution is 6.03. The zero-order valence-electron chi connectivity index (χ0n) is 20.5. The lowest BCUT2D eigenvalue weighted by Gasteiger charge is -2.34. The van der Waals surface area contributed by atoms with Crippen LogP contribution in [0.4, 0.5) is 11.4 Å². The summed E-state index contributed by atoms with van der Waals surface area (Å²) in [5.41, 5.74) is 3.15. The van der Waals surface area contributed by atoms with Crippen molar-refractivity contribution in [3.05, 3.63) is 48.2 Å². The molecule has 188 valence electrons. The molecule has 1 unspecified atom stereocenters. The molecule has 0 bridgehead atoms. The van der Waals surface area contributed by atoms with Gasteiger partial charge in [0.05, 0.1) is 11.6 Å². The van der Waals surface area contributed by atoms with E-state index in [1.165, 1.54) is 0 Å². The Labute approximate surface area is 209 Å². The SMILES string of the molecule is CN1CCN(c2ccc(NC(=O)COc3cccc4c(C5CCC(=O)NC5=O)nn(C)c34)cc2)CC1. The number of hydrogen-bond donors (Lipinski definition) is 2. The Morgan fingerprint density at radius 2 is 1.83 bits per heavy atom. The summed E-state index contributed by atoms with van der Waals surface area (Å²) in [4.78, 5) is 41.2. The summed E-state index contributed by atoms with van der Waals surface area (Å²) < 4.78 is 7.52. The van der Waals surface area contributed by atoms with Gasteiger partial charge in [0, 0.05) is 56.4 Å². The first-order valence-corrected chi connectivity index (χ1v) is 12.1. The number of para-hydroxylation sites is 1. The Morgan fingerprint density at radius 1 is 1.08 bits per heavy atom. The maximum Gasteiger partial charge on any atom is 0.262 e. The topological polar surface area (TPSA) is 109 Å². The predicted molar refractivity (Wildman–Crippen MR) is 136 cm³/mol. The molecule has 3 heterocycles. The second-order valence-electron chi connectivity index (χ2n) is 9.34. The molecule has 2 fully saturated rings. The first kappa shape index (κ1) is 23.8. The maximum atomic E-state index is 12.6. The van der Waals surface area contributed by atoms with E-state index in [-0.39, 0.29) is 30.7 Å². The van der Waals surface area contributed by atoms with E-state index in [0.29, 0.717) is 29.1 Å². The van der Waals surface area contributed by atoms with E-state index >= 15 is 0 Å². The van der Waals surface area contributed by atoms with Crippen LogP contribution in [0.25, 0.3) is 10.9 Å². The zero-order valence-corrected chi connectivity index (χ0v) is 20.5. The number of aromatic nitrogens is 2. The Morgan fingerprint density at radius 3 is 2.56 bits per heavy atom. The first-order chi connectivity index (χ1) is 17.4. The van der Waals surface area contributed by atoms with Crippen molar-refractivity contribution in [2.24, 2.45) is 7.05 Å². The number of piperazine rings is 1. The predicted octanol–water partition coefficient (Wildman–Crippen LogP) is 1.86. The highest BCUT2D eigenvalue weighted by atomic mass is 16.5. The minimum atomic E-state index is -0.501. The molecule has 0 spiro atoms. The molecule has 0 saturated carbocycles. The first-order valence-electron chi connectivity index (χ1n) is 12.1. The van der Waals surface area contributed by atoms with Crippen LogP contribution in [0.15, 0.2) is 42.5 Å². The van der Waals surface area contributed by atoms with Crippen molar-refractivity contribution in [2.45, 2.75) is 18.8 Å². The van der Waals surface area contributed by atoms with Crippen LogP contribution in [0, 0.1) is 0 Å². The number of anilines is 2. The fraction of sp³-hybridized carbons (Fsp3) is 0.385. The molecule has 2 aromatic carbocycles. The second-order valence-corrected chi connectivity index (χ2v) is 9.34. The number of amides is 3. The number of ether oxygens (including phenoxy) is 1. The number of piperidine rings is 1. The van der Waals surface area contributed by atoms with Gasteiger partial charge in [-0.2, -0.15) is 5.10 Å². The van der Waals surface area contributed by atoms with Crippen molar-refractivity contribution in [2.75, 3.05) is 50.1 Å². The number of rotatable bonds is 6. The monoisotopic (exact) mass is 490 g/mol. The summed E-state index contributed by atoms with van der Waals surface area (Å²) in [5.74, 6) is -0.872. The van der Waals surface area contributed by atoms with Crippen LogP contribution < -0.4 is 20.3 Å². The van der Waals surface area contributed by atoms with Gasteiger partial charge in [-0.1, -0.05) is 12.1 Å². The van der Waals surface area contributed by atoms with Gasteiger partial charge in [-0.3, -0.25) is 24.4 Å². The lowest BCUT2D eigenvalue weighted by Crippen LogP contribution is -2.44. The Bertz CT molecular complexity index is 1290. The number of likely N-dealkylation sites (N-methyl/N-ethyl adjacent to an activating group) is 1. The van der Waals surface area contributed by atoms with E-state index in [9.17, 15) is 14.4 Å². The molecule has 5 rings (SSSR count). The minimum absolute atomic E-state index is 0.168. The van der Waals surface area contributed by atoms with Gasteiger partial charge in [0.25, 0.3) is 5.91 Å². The number of carbonyl (C=O) groups excluding carboxylic acids is 3. The van der Waals surface area contributed by atoms with Crippen molar-refractivity contribution < 1.29 is 19.1 Å². The number of carbonyl (C=O) groups is 3. The standard InChI is InChI=1S/C26H30N6O4/c1-30-12-14-32(15-13-30)18-8-6-17(7-9-18)27-23(34)16-36-21-5-3-4-19-24(29-31(2)25(19)21)20-10-11-22(33)28-26(20)35/h3-9,20H,10-16H2,1-2H3,(H,27,34)(H,28,33,35). The van der Waals surface area contributed by atoms with Gasteiger partial charge in [0.1, 0.15) is 11.3 Å². The molecule has 1 atom stereocenters. The molecule has 2 aliphatic rings. The number of hydrogen-bond acceptors (Lipinski definition) is 7. The molecule has 0 radical (unpaired) electrons. The second kappa shape index (κ2) is 9.98. The smallest absolute Gasteiger partial charge is 0.262 e. The molecular weight excluding hydrogens is 460 g/mol. The van der Waals surface area contributed by atoms with Crippen molar-refractivity contribution in [3.8, 4) is 5.75 Å². The number of benzene rings is 2. The molecule has 1 aromatic heterocycles. The van der Waals surface area contributed by atoms with Gasteiger partial charge >= 0.3 is 0 Å². The van der Waals surface area contributed by atoms with Gasteiger partial charge in [-0.25, -0.2) is 0 Å². The molecule has 3 amide bonds. The van der Waals surface area contributed by atoms with Crippen molar-refractivity contribution in [3.63, 3.8) is 0 Å². The summed E-state index contributed by atoms with van der Waals surface area (Å²) in [7, 11) is 3.90. The maximum absolute atomic E-state index is 12.6. The normalized spacial score (nSPS) is 18.8. The molecule has 2 N–H and O–H groups in total. The number of nitrogens with zero attached hydrogens (tertiary/aromatic N) is 4. The van der Waals surface area contributed by atoms with E-state index in [4.69, 9.17) is 4.74 Å². The lowest BCUT2D eigenvalue weighted by atomic mass is 9.93. The van der Waals surface area contributed by atoms with Crippen molar-refractivity contribution in [1.82, 2.24) is 20.0 Å². The summed E-state index contributed by atoms with van der Waals surface area (Å²) in [6.45, 7) is 3.88. The quantitative estimate of drug-likeness (QED) is 0.508. The van der Waals surface area contributed by atoms with Crippen LogP contribution in [-0.4, -0.2) is 72.2 Å². The van der Waals surface area contributed by atoms with E-state index in [0.717, 1.165) is 37.3 Å². The highest BCUT2D eigenvalue weighted by Gasteiger charge is 2.32. The van der Waals surface area contributed by atoms with Gasteiger partial charge in [0.15, 0.2) is 6.61 Å². The number of aryl methyl sites for hydroxylation is 1. The Hall–Kier alpha value is -3.92. The largest absolute Gasteiger partial charge is 0.481 e. The summed E-state index contributed by atoms with van der Waals surface area (Å²) in [5, 5.41) is 10.6. The van der Waals surface area contributed by atoms with Gasteiger partial charge in [-0.15, -0.1) is 0 Å². The molecule has 2 aliphatic heterocycles. The van der Waals surface area contributed by atoms with Crippen molar-refractivity contribution in [1.29, 1.82) is 0 Å². The van der Waals surface area contributed by atoms with Crippen LogP contribution in [-0.2, 0) is 21.4 Å². The number of fused-ring (bicyclic) bond motifs is 1. The fourth-order valence-electron chi connectivity index (χ4n) is 4.82. The summed E-state index contributed by atoms with van der Waals surface area (Å²) >= 11 is 0. The number of nitrogens with one attached hydrogen (secondary N) is 2. The van der Waals surface area contributed by atoms with Crippen molar-refractivity contribution >= 4 is 40.0 Å². The lowest BCUT2D eigenvalue weighted by molar-refractivity contribution is -0.134. The van der Waals surface area contributed by atoms with Gasteiger partial charge in [-0.05, 0) is 43.8 Å². The van der Waals surface area contributed by atoms with E-state index in [1.54, 1.807) is 17.8 Å². The number of imide groups is 1. The fourth-order valence-corrected chi connectivity index (χ4v) is 4.82. The average Bonchev–Trinajstić information content (AvgIpc) is 3.20. The summed E-state index contributed by atoms with van der Waals surface area (Å²) in [6, 6.07) is 13.3. The van der Waals surface area contributed by atoms with E-state index in [1.807, 2.05) is 36.4 Å². The molecule has 36 heavy (non-hydrogen) atoms. The average molecular weight is 491 g/mol. The molecule has 2 saturated heterocycles. The molecule has 10 nitrogen and oxygen atoms in total. The van der Waals surface area contributed by atoms with Gasteiger partial charge < -0.3 is 19.9 Å².